The van der Waals surface area contributed by atoms with Crippen LogP contribution < -0.4 is 0 Å². The molecule has 0 bridgehead atoms. The SMILES string of the molecule is Cc1cc(C(C)(C)C)cc(C)c1Cc1nccc(=S)[nH]1. The number of aryl methyl sites for hydroxylation is 2. The fraction of sp³-hybridized carbons (Fsp3) is 0.412. The van der Waals surface area contributed by atoms with Gasteiger partial charge in [-0.25, -0.2) is 4.98 Å². The molecule has 2 nitrogen and oxygen atoms in total. The minimum atomic E-state index is 0.180. The van der Waals surface area contributed by atoms with Gasteiger partial charge in [0.25, 0.3) is 0 Å². The molecule has 106 valence electrons. The third-order valence-electron chi connectivity index (χ3n) is 3.63. The van der Waals surface area contributed by atoms with Gasteiger partial charge in [-0.1, -0.05) is 45.1 Å². The van der Waals surface area contributed by atoms with Crippen LogP contribution >= 0.6 is 12.2 Å². The zero-order chi connectivity index (χ0) is 14.9. The van der Waals surface area contributed by atoms with E-state index < -0.39 is 0 Å². The standard InChI is InChI=1S/C17H22N2S/c1-11-8-13(17(3,4)5)9-12(2)14(11)10-15-18-7-6-16(20)19-15/h6-9H,10H2,1-5H3,(H,18,19,20). The van der Waals surface area contributed by atoms with E-state index in [-0.39, 0.29) is 5.41 Å². The topological polar surface area (TPSA) is 28.7 Å². The average Bonchev–Trinajstić information content (AvgIpc) is 2.32. The summed E-state index contributed by atoms with van der Waals surface area (Å²) < 4.78 is 0.733. The van der Waals surface area contributed by atoms with Crippen molar-refractivity contribution in [1.29, 1.82) is 0 Å². The molecule has 3 heteroatoms. The molecule has 20 heavy (non-hydrogen) atoms. The van der Waals surface area contributed by atoms with Gasteiger partial charge < -0.3 is 4.98 Å². The molecule has 0 aliphatic carbocycles. The lowest BCUT2D eigenvalue weighted by Gasteiger charge is -2.22. The highest BCUT2D eigenvalue weighted by atomic mass is 32.1. The van der Waals surface area contributed by atoms with Gasteiger partial charge in [0.05, 0.1) is 0 Å². The Balaban J connectivity index is 2.41. The van der Waals surface area contributed by atoms with Crippen LogP contribution in [0.2, 0.25) is 0 Å². The highest BCUT2D eigenvalue weighted by Crippen LogP contribution is 2.27. The maximum atomic E-state index is 5.16. The van der Waals surface area contributed by atoms with E-state index in [0.717, 1.165) is 16.9 Å². The predicted octanol–water partition coefficient (Wildman–Crippen LogP) is 4.64. The first-order chi connectivity index (χ1) is 9.27. The molecule has 0 amide bonds. The van der Waals surface area contributed by atoms with E-state index in [1.165, 1.54) is 22.3 Å². The molecule has 0 radical (unpaired) electrons. The Morgan fingerprint density at radius 3 is 2.25 bits per heavy atom. The summed E-state index contributed by atoms with van der Waals surface area (Å²) in [6.07, 6.45) is 2.56. The number of nitrogens with one attached hydrogen (secondary N) is 1. The summed E-state index contributed by atoms with van der Waals surface area (Å²) in [5.41, 5.74) is 5.53. The van der Waals surface area contributed by atoms with E-state index in [1.807, 2.05) is 0 Å². The Morgan fingerprint density at radius 1 is 1.15 bits per heavy atom. The molecule has 1 aromatic carbocycles. The molecular formula is C17H22N2S. The zero-order valence-corrected chi connectivity index (χ0v) is 13.7. The number of rotatable bonds is 2. The Kier molecular flexibility index (Phi) is 4.09. The molecular weight excluding hydrogens is 264 g/mol. The second-order valence-corrected chi connectivity index (χ2v) is 6.84. The first kappa shape index (κ1) is 14.9. The van der Waals surface area contributed by atoms with E-state index in [0.29, 0.717) is 0 Å². The van der Waals surface area contributed by atoms with Gasteiger partial charge in [-0.05, 0) is 47.6 Å². The summed E-state index contributed by atoms with van der Waals surface area (Å²) in [7, 11) is 0. The summed E-state index contributed by atoms with van der Waals surface area (Å²) in [4.78, 5) is 7.52. The lowest BCUT2D eigenvalue weighted by molar-refractivity contribution is 0.588. The highest BCUT2D eigenvalue weighted by Gasteiger charge is 2.16. The van der Waals surface area contributed by atoms with Crippen LogP contribution in [0.4, 0.5) is 0 Å². The number of benzene rings is 1. The lowest BCUT2D eigenvalue weighted by Crippen LogP contribution is -2.13. The number of aromatic amines is 1. The van der Waals surface area contributed by atoms with Gasteiger partial charge in [0.15, 0.2) is 0 Å². The molecule has 0 spiro atoms. The Morgan fingerprint density at radius 2 is 1.75 bits per heavy atom. The smallest absolute Gasteiger partial charge is 0.111 e. The molecule has 0 saturated carbocycles. The fourth-order valence-corrected chi connectivity index (χ4v) is 2.55. The average molecular weight is 286 g/mol. The van der Waals surface area contributed by atoms with Crippen LogP contribution in [-0.4, -0.2) is 9.97 Å². The third kappa shape index (κ3) is 3.34. The summed E-state index contributed by atoms with van der Waals surface area (Å²) in [6, 6.07) is 6.39. The van der Waals surface area contributed by atoms with Crippen LogP contribution in [0.3, 0.4) is 0 Å². The van der Waals surface area contributed by atoms with Crippen molar-refractivity contribution >= 4 is 12.2 Å². The van der Waals surface area contributed by atoms with Crippen molar-refractivity contribution in [2.45, 2.75) is 46.5 Å². The number of aromatic nitrogens is 2. The van der Waals surface area contributed by atoms with E-state index in [9.17, 15) is 0 Å². The van der Waals surface area contributed by atoms with Crippen LogP contribution in [-0.2, 0) is 11.8 Å². The second kappa shape index (κ2) is 5.49. The minimum absolute atomic E-state index is 0.180. The first-order valence-corrected chi connectivity index (χ1v) is 7.33. The monoisotopic (exact) mass is 286 g/mol. The summed E-state index contributed by atoms with van der Waals surface area (Å²) >= 11 is 5.16. The molecule has 1 heterocycles. The Labute approximate surface area is 126 Å². The zero-order valence-electron chi connectivity index (χ0n) is 12.9. The molecule has 0 aliphatic heterocycles. The molecule has 0 unspecified atom stereocenters. The molecule has 1 N–H and O–H groups in total. The van der Waals surface area contributed by atoms with Crippen molar-refractivity contribution in [1.82, 2.24) is 9.97 Å². The largest absolute Gasteiger partial charge is 0.335 e. The summed E-state index contributed by atoms with van der Waals surface area (Å²) in [5, 5.41) is 0. The van der Waals surface area contributed by atoms with Gasteiger partial charge in [-0.3, -0.25) is 0 Å². The van der Waals surface area contributed by atoms with E-state index in [2.05, 4.69) is 56.7 Å². The molecule has 0 atom stereocenters. The van der Waals surface area contributed by atoms with Gasteiger partial charge in [0.1, 0.15) is 10.5 Å². The number of hydrogen-bond donors (Lipinski definition) is 1. The van der Waals surface area contributed by atoms with Crippen LogP contribution in [0.15, 0.2) is 24.4 Å². The summed E-state index contributed by atoms with van der Waals surface area (Å²) in [5.74, 6) is 0.923. The maximum Gasteiger partial charge on any atom is 0.111 e. The predicted molar refractivity (Wildman–Crippen MR) is 86.8 cm³/mol. The summed E-state index contributed by atoms with van der Waals surface area (Å²) in [6.45, 7) is 11.1. The quantitative estimate of drug-likeness (QED) is 0.814. The number of H-pyrrole nitrogens is 1. The number of nitrogens with zero attached hydrogens (tertiary/aromatic N) is 1. The van der Waals surface area contributed by atoms with Crippen molar-refractivity contribution in [2.75, 3.05) is 0 Å². The van der Waals surface area contributed by atoms with Crippen molar-refractivity contribution in [3.8, 4) is 0 Å². The van der Waals surface area contributed by atoms with Crippen LogP contribution in [0.1, 0.15) is 48.8 Å². The molecule has 0 fully saturated rings. The van der Waals surface area contributed by atoms with Gasteiger partial charge in [-0.2, -0.15) is 0 Å². The van der Waals surface area contributed by atoms with Crippen LogP contribution in [0, 0.1) is 18.5 Å². The second-order valence-electron chi connectivity index (χ2n) is 6.40. The van der Waals surface area contributed by atoms with Crippen molar-refractivity contribution in [3.05, 3.63) is 57.1 Å². The molecule has 2 aromatic rings. The van der Waals surface area contributed by atoms with Gasteiger partial charge in [0, 0.05) is 12.6 Å². The van der Waals surface area contributed by atoms with Crippen LogP contribution in [0.25, 0.3) is 0 Å². The van der Waals surface area contributed by atoms with E-state index >= 15 is 0 Å². The van der Waals surface area contributed by atoms with Gasteiger partial charge in [0.2, 0.25) is 0 Å². The highest BCUT2D eigenvalue weighted by molar-refractivity contribution is 7.71. The minimum Gasteiger partial charge on any atom is -0.335 e. The van der Waals surface area contributed by atoms with Crippen molar-refractivity contribution < 1.29 is 0 Å². The van der Waals surface area contributed by atoms with Crippen molar-refractivity contribution in [3.63, 3.8) is 0 Å². The lowest BCUT2D eigenvalue weighted by atomic mass is 9.83. The third-order valence-corrected chi connectivity index (χ3v) is 3.87. The van der Waals surface area contributed by atoms with Crippen LogP contribution in [0.5, 0.6) is 0 Å². The Hall–Kier alpha value is -1.48. The molecule has 0 aliphatic rings. The normalized spacial score (nSPS) is 11.7. The first-order valence-electron chi connectivity index (χ1n) is 6.92. The molecule has 1 aromatic heterocycles. The fourth-order valence-electron chi connectivity index (χ4n) is 2.37. The molecule has 0 saturated heterocycles. The van der Waals surface area contributed by atoms with Gasteiger partial charge >= 0.3 is 0 Å². The van der Waals surface area contributed by atoms with E-state index in [1.54, 1.807) is 12.3 Å². The Bertz CT molecular complexity index is 655. The van der Waals surface area contributed by atoms with Gasteiger partial charge in [-0.15, -0.1) is 0 Å². The molecule has 2 rings (SSSR count). The maximum absolute atomic E-state index is 5.16. The number of hydrogen-bond acceptors (Lipinski definition) is 2. The van der Waals surface area contributed by atoms with E-state index in [4.69, 9.17) is 12.2 Å². The van der Waals surface area contributed by atoms with Crippen molar-refractivity contribution in [2.24, 2.45) is 0 Å².